The van der Waals surface area contributed by atoms with Gasteiger partial charge >= 0.3 is 0 Å². The molecular formula is C15H18FNO3. The number of hydrogen-bond acceptors (Lipinski definition) is 3. The van der Waals surface area contributed by atoms with E-state index in [9.17, 15) is 14.0 Å². The summed E-state index contributed by atoms with van der Waals surface area (Å²) in [5, 5.41) is 2.71. The Balaban J connectivity index is 2.13. The number of Topliss-reactive ketones (excluding diaryl/α,β-unsaturated/α-hetero) is 1. The van der Waals surface area contributed by atoms with Crippen molar-refractivity contribution in [1.82, 2.24) is 5.32 Å². The number of carbonyl (C=O) groups excluding carboxylic acids is 2. The van der Waals surface area contributed by atoms with Crippen LogP contribution in [0.4, 0.5) is 4.39 Å². The molecule has 1 aromatic rings. The van der Waals surface area contributed by atoms with Crippen molar-refractivity contribution in [2.45, 2.75) is 38.6 Å². The van der Waals surface area contributed by atoms with E-state index in [0.29, 0.717) is 12.8 Å². The van der Waals surface area contributed by atoms with Crippen LogP contribution in [0.5, 0.6) is 5.75 Å². The summed E-state index contributed by atoms with van der Waals surface area (Å²) in [4.78, 5) is 24.1. The highest BCUT2D eigenvalue weighted by molar-refractivity contribution is 6.04. The van der Waals surface area contributed by atoms with Crippen LogP contribution in [0.3, 0.4) is 0 Å². The van der Waals surface area contributed by atoms with Crippen molar-refractivity contribution in [2.75, 3.05) is 6.61 Å². The maximum absolute atomic E-state index is 13.6. The van der Waals surface area contributed by atoms with Gasteiger partial charge < -0.3 is 10.1 Å². The van der Waals surface area contributed by atoms with Gasteiger partial charge in [-0.15, -0.1) is 0 Å². The van der Waals surface area contributed by atoms with E-state index >= 15 is 0 Å². The molecule has 1 amide bonds. The third-order valence-electron chi connectivity index (χ3n) is 3.29. The van der Waals surface area contributed by atoms with E-state index in [1.165, 1.54) is 18.2 Å². The monoisotopic (exact) mass is 279 g/mol. The minimum absolute atomic E-state index is 0.0113. The molecule has 1 unspecified atom stereocenters. The van der Waals surface area contributed by atoms with Crippen LogP contribution in [-0.2, 0) is 4.79 Å². The van der Waals surface area contributed by atoms with Gasteiger partial charge in [0, 0.05) is 12.8 Å². The molecule has 0 fully saturated rings. The maximum atomic E-state index is 13.6. The van der Waals surface area contributed by atoms with Gasteiger partial charge in [0.2, 0.25) is 5.91 Å². The highest BCUT2D eigenvalue weighted by Crippen LogP contribution is 2.27. The van der Waals surface area contributed by atoms with E-state index in [0.717, 1.165) is 12.8 Å². The topological polar surface area (TPSA) is 55.4 Å². The van der Waals surface area contributed by atoms with E-state index in [1.54, 1.807) is 0 Å². The molecule has 1 heterocycles. The molecule has 0 bridgehead atoms. The summed E-state index contributed by atoms with van der Waals surface area (Å²) in [6, 6.07) is 3.61. The van der Waals surface area contributed by atoms with E-state index in [2.05, 4.69) is 5.32 Å². The quantitative estimate of drug-likeness (QED) is 0.921. The molecule has 108 valence electrons. The van der Waals surface area contributed by atoms with E-state index in [-0.39, 0.29) is 29.6 Å². The minimum atomic E-state index is -0.637. The summed E-state index contributed by atoms with van der Waals surface area (Å²) in [7, 11) is 0. The molecule has 0 radical (unpaired) electrons. The number of fused-ring (bicyclic) bond motifs is 1. The first-order valence-corrected chi connectivity index (χ1v) is 6.88. The predicted molar refractivity (Wildman–Crippen MR) is 72.3 cm³/mol. The van der Waals surface area contributed by atoms with Gasteiger partial charge in [0.15, 0.2) is 17.3 Å². The van der Waals surface area contributed by atoms with Crippen LogP contribution in [0.2, 0.25) is 0 Å². The number of rotatable bonds is 4. The van der Waals surface area contributed by atoms with Gasteiger partial charge in [-0.25, -0.2) is 4.39 Å². The van der Waals surface area contributed by atoms with Crippen molar-refractivity contribution in [2.24, 2.45) is 0 Å². The van der Waals surface area contributed by atoms with Crippen molar-refractivity contribution in [1.29, 1.82) is 0 Å². The average molecular weight is 279 g/mol. The standard InChI is InChI=1S/C15H18FNO3/c1-2-3-7-13(18)17-12-8-9-20-15-10(14(12)19)5-4-6-11(15)16/h4-6,12H,2-3,7-9H2,1H3,(H,17,18). The van der Waals surface area contributed by atoms with Gasteiger partial charge in [0.25, 0.3) is 0 Å². The molecule has 0 saturated carbocycles. The molecule has 1 aliphatic heterocycles. The lowest BCUT2D eigenvalue weighted by Crippen LogP contribution is -2.40. The number of ketones is 1. The number of nitrogens with one attached hydrogen (secondary N) is 1. The van der Waals surface area contributed by atoms with Crippen LogP contribution in [0, 0.1) is 5.82 Å². The highest BCUT2D eigenvalue weighted by Gasteiger charge is 2.29. The second kappa shape index (κ2) is 6.50. The summed E-state index contributed by atoms with van der Waals surface area (Å²) >= 11 is 0. The second-order valence-electron chi connectivity index (χ2n) is 4.84. The Kier molecular flexibility index (Phi) is 4.71. The van der Waals surface area contributed by atoms with Crippen molar-refractivity contribution in [3.63, 3.8) is 0 Å². The first-order chi connectivity index (χ1) is 9.63. The molecule has 1 aliphatic rings. The zero-order valence-corrected chi connectivity index (χ0v) is 11.4. The van der Waals surface area contributed by atoms with Gasteiger partial charge in [-0.1, -0.05) is 19.4 Å². The zero-order chi connectivity index (χ0) is 14.5. The zero-order valence-electron chi connectivity index (χ0n) is 11.4. The third kappa shape index (κ3) is 3.15. The Morgan fingerprint density at radius 1 is 1.50 bits per heavy atom. The normalized spacial score (nSPS) is 17.9. The van der Waals surface area contributed by atoms with Gasteiger partial charge in [-0.3, -0.25) is 9.59 Å². The Morgan fingerprint density at radius 3 is 3.05 bits per heavy atom. The van der Waals surface area contributed by atoms with Crippen molar-refractivity contribution in [3.05, 3.63) is 29.6 Å². The lowest BCUT2D eigenvalue weighted by atomic mass is 10.0. The van der Waals surface area contributed by atoms with Crippen LogP contribution < -0.4 is 10.1 Å². The molecule has 4 nitrogen and oxygen atoms in total. The molecule has 20 heavy (non-hydrogen) atoms. The fourth-order valence-electron chi connectivity index (χ4n) is 2.19. The Morgan fingerprint density at radius 2 is 2.30 bits per heavy atom. The third-order valence-corrected chi connectivity index (χ3v) is 3.29. The second-order valence-corrected chi connectivity index (χ2v) is 4.84. The van der Waals surface area contributed by atoms with Crippen molar-refractivity contribution < 1.29 is 18.7 Å². The number of ether oxygens (including phenoxy) is 1. The van der Waals surface area contributed by atoms with Gasteiger partial charge in [-0.05, 0) is 18.6 Å². The Hall–Kier alpha value is -1.91. The SMILES string of the molecule is CCCCC(=O)NC1CCOc2c(F)cccc2C1=O. The van der Waals surface area contributed by atoms with Crippen LogP contribution >= 0.6 is 0 Å². The molecule has 0 spiro atoms. The van der Waals surface area contributed by atoms with Gasteiger partial charge in [0.05, 0.1) is 18.2 Å². The van der Waals surface area contributed by atoms with Crippen LogP contribution in [0.15, 0.2) is 18.2 Å². The lowest BCUT2D eigenvalue weighted by molar-refractivity contribution is -0.121. The largest absolute Gasteiger partial charge is 0.490 e. The van der Waals surface area contributed by atoms with E-state index in [1.807, 2.05) is 6.92 Å². The fraction of sp³-hybridized carbons (Fsp3) is 0.467. The van der Waals surface area contributed by atoms with E-state index in [4.69, 9.17) is 4.74 Å². The van der Waals surface area contributed by atoms with Gasteiger partial charge in [0.1, 0.15) is 0 Å². The first-order valence-electron chi connectivity index (χ1n) is 6.88. The van der Waals surface area contributed by atoms with Gasteiger partial charge in [-0.2, -0.15) is 0 Å². The smallest absolute Gasteiger partial charge is 0.220 e. The highest BCUT2D eigenvalue weighted by atomic mass is 19.1. The molecule has 1 atom stereocenters. The predicted octanol–water partition coefficient (Wildman–Crippen LogP) is 2.47. The summed E-state index contributed by atoms with van der Waals surface area (Å²) < 4.78 is 18.9. The number of para-hydroxylation sites is 1. The number of carbonyl (C=O) groups is 2. The Labute approximate surface area is 117 Å². The number of unbranched alkanes of at least 4 members (excludes halogenated alkanes) is 1. The summed E-state index contributed by atoms with van der Waals surface area (Å²) in [6.07, 6.45) is 2.46. The van der Waals surface area contributed by atoms with Crippen molar-refractivity contribution >= 4 is 11.7 Å². The number of amides is 1. The molecular weight excluding hydrogens is 261 g/mol. The lowest BCUT2D eigenvalue weighted by Gasteiger charge is -2.14. The first kappa shape index (κ1) is 14.5. The molecule has 2 rings (SSSR count). The molecule has 1 aromatic carbocycles. The molecule has 0 aliphatic carbocycles. The number of hydrogen-bond donors (Lipinski definition) is 1. The van der Waals surface area contributed by atoms with Crippen LogP contribution in [-0.4, -0.2) is 24.3 Å². The van der Waals surface area contributed by atoms with Crippen LogP contribution in [0.1, 0.15) is 43.0 Å². The van der Waals surface area contributed by atoms with Crippen LogP contribution in [0.25, 0.3) is 0 Å². The summed E-state index contributed by atoms with van der Waals surface area (Å²) in [5.74, 6) is -0.997. The fourth-order valence-corrected chi connectivity index (χ4v) is 2.19. The molecule has 0 saturated heterocycles. The molecule has 5 heteroatoms. The molecule has 1 N–H and O–H groups in total. The maximum Gasteiger partial charge on any atom is 0.220 e. The minimum Gasteiger partial charge on any atom is -0.490 e. The average Bonchev–Trinajstić information content (AvgIpc) is 2.59. The molecule has 0 aromatic heterocycles. The van der Waals surface area contributed by atoms with E-state index < -0.39 is 11.9 Å². The summed E-state index contributed by atoms with van der Waals surface area (Å²) in [6.45, 7) is 2.20. The number of halogens is 1. The summed E-state index contributed by atoms with van der Waals surface area (Å²) in [5.41, 5.74) is 0.197. The Bertz CT molecular complexity index is 516. The van der Waals surface area contributed by atoms with Crippen molar-refractivity contribution in [3.8, 4) is 5.75 Å². The number of benzene rings is 1.